The highest BCUT2D eigenvalue weighted by Gasteiger charge is 2.10. The molecule has 0 fully saturated rings. The van der Waals surface area contributed by atoms with E-state index in [0.29, 0.717) is 24.5 Å². The largest absolute Gasteiger partial charge is 0.492 e. The number of nitrogens with zero attached hydrogens (tertiary/aromatic N) is 1. The monoisotopic (exact) mass is 433 g/mol. The molecule has 27 heavy (non-hydrogen) atoms. The standard InChI is InChI=1S/C20H24BrN3O3/c1-3-24(12-13-27-19-10-4-16(21)5-11-19)14-20(26)23-18-8-6-17(7-9-18)22-15(2)25/h4-11H,3,12-14H2,1-2H3,(H,22,25)(H,23,26). The first-order valence-corrected chi connectivity index (χ1v) is 9.54. The molecule has 0 aliphatic rings. The van der Waals surface area contributed by atoms with Gasteiger partial charge >= 0.3 is 0 Å². The van der Waals surface area contributed by atoms with Crippen LogP contribution in [0.1, 0.15) is 13.8 Å². The predicted octanol–water partition coefficient (Wildman–Crippen LogP) is 3.75. The number of likely N-dealkylation sites (N-methyl/N-ethyl adjacent to an activating group) is 1. The van der Waals surface area contributed by atoms with Crippen LogP contribution in [-0.4, -0.2) is 43.0 Å². The average molecular weight is 434 g/mol. The lowest BCUT2D eigenvalue weighted by Gasteiger charge is -2.20. The number of nitrogens with one attached hydrogen (secondary N) is 2. The first-order chi connectivity index (χ1) is 13.0. The summed E-state index contributed by atoms with van der Waals surface area (Å²) in [6.07, 6.45) is 0. The van der Waals surface area contributed by atoms with Crippen molar-refractivity contribution < 1.29 is 14.3 Å². The Hall–Kier alpha value is -2.38. The average Bonchev–Trinajstić information content (AvgIpc) is 2.63. The third-order valence-corrected chi connectivity index (χ3v) is 4.32. The van der Waals surface area contributed by atoms with Crippen molar-refractivity contribution in [2.75, 3.05) is 36.9 Å². The van der Waals surface area contributed by atoms with Crippen LogP contribution in [0.5, 0.6) is 5.75 Å². The number of carbonyl (C=O) groups excluding carboxylic acids is 2. The summed E-state index contributed by atoms with van der Waals surface area (Å²) in [5, 5.41) is 5.55. The number of hydrogen-bond acceptors (Lipinski definition) is 4. The van der Waals surface area contributed by atoms with E-state index in [2.05, 4.69) is 26.6 Å². The van der Waals surface area contributed by atoms with Crippen molar-refractivity contribution in [3.05, 3.63) is 53.0 Å². The van der Waals surface area contributed by atoms with Crippen LogP contribution < -0.4 is 15.4 Å². The highest BCUT2D eigenvalue weighted by molar-refractivity contribution is 9.10. The lowest BCUT2D eigenvalue weighted by atomic mass is 10.2. The Kier molecular flexibility index (Phi) is 8.29. The van der Waals surface area contributed by atoms with Crippen LogP contribution in [0, 0.1) is 0 Å². The lowest BCUT2D eigenvalue weighted by molar-refractivity contribution is -0.117. The topological polar surface area (TPSA) is 70.7 Å². The molecule has 0 aliphatic carbocycles. The zero-order valence-electron chi connectivity index (χ0n) is 15.5. The van der Waals surface area contributed by atoms with Crippen molar-refractivity contribution in [3.8, 4) is 5.75 Å². The molecule has 144 valence electrons. The van der Waals surface area contributed by atoms with E-state index in [4.69, 9.17) is 4.74 Å². The molecule has 2 aromatic carbocycles. The smallest absolute Gasteiger partial charge is 0.238 e. The molecule has 0 atom stereocenters. The fourth-order valence-corrected chi connectivity index (χ4v) is 2.68. The van der Waals surface area contributed by atoms with Gasteiger partial charge in [-0.05, 0) is 55.1 Å². The van der Waals surface area contributed by atoms with E-state index in [1.165, 1.54) is 6.92 Å². The van der Waals surface area contributed by atoms with Gasteiger partial charge in [0.2, 0.25) is 11.8 Å². The number of anilines is 2. The van der Waals surface area contributed by atoms with E-state index in [1.807, 2.05) is 36.1 Å². The molecular weight excluding hydrogens is 410 g/mol. The maximum atomic E-state index is 12.2. The van der Waals surface area contributed by atoms with Crippen LogP contribution in [0.2, 0.25) is 0 Å². The second-order valence-electron chi connectivity index (χ2n) is 5.98. The van der Waals surface area contributed by atoms with E-state index in [9.17, 15) is 9.59 Å². The molecular formula is C20H24BrN3O3. The summed E-state index contributed by atoms with van der Waals surface area (Å²) >= 11 is 3.39. The Labute approximate surface area is 168 Å². The van der Waals surface area contributed by atoms with Crippen molar-refractivity contribution in [2.24, 2.45) is 0 Å². The number of benzene rings is 2. The first kappa shape index (κ1) is 20.9. The van der Waals surface area contributed by atoms with E-state index >= 15 is 0 Å². The molecule has 0 heterocycles. The van der Waals surface area contributed by atoms with Crippen LogP contribution in [0.25, 0.3) is 0 Å². The molecule has 0 aliphatic heterocycles. The summed E-state index contributed by atoms with van der Waals surface area (Å²) in [5.74, 6) is 0.585. The molecule has 2 aromatic rings. The minimum atomic E-state index is -0.129. The van der Waals surface area contributed by atoms with Crippen LogP contribution in [0.4, 0.5) is 11.4 Å². The predicted molar refractivity (Wildman–Crippen MR) is 111 cm³/mol. The summed E-state index contributed by atoms with van der Waals surface area (Å²) in [6.45, 7) is 5.66. The summed E-state index contributed by atoms with van der Waals surface area (Å²) in [6, 6.07) is 14.7. The highest BCUT2D eigenvalue weighted by atomic mass is 79.9. The number of ether oxygens (including phenoxy) is 1. The highest BCUT2D eigenvalue weighted by Crippen LogP contribution is 2.16. The third kappa shape index (κ3) is 7.80. The van der Waals surface area contributed by atoms with Crippen LogP contribution in [0.3, 0.4) is 0 Å². The molecule has 2 rings (SSSR count). The lowest BCUT2D eigenvalue weighted by Crippen LogP contribution is -2.35. The van der Waals surface area contributed by atoms with Crippen molar-refractivity contribution in [1.82, 2.24) is 4.90 Å². The molecule has 0 bridgehead atoms. The molecule has 0 saturated carbocycles. The number of halogens is 1. The van der Waals surface area contributed by atoms with Crippen molar-refractivity contribution >= 4 is 39.1 Å². The molecule has 0 spiro atoms. The molecule has 2 amide bonds. The van der Waals surface area contributed by atoms with E-state index in [0.717, 1.165) is 16.8 Å². The zero-order valence-corrected chi connectivity index (χ0v) is 17.1. The molecule has 0 saturated heterocycles. The summed E-state index contributed by atoms with van der Waals surface area (Å²) in [5.41, 5.74) is 1.39. The number of rotatable bonds is 9. The molecule has 2 N–H and O–H groups in total. The van der Waals surface area contributed by atoms with Gasteiger partial charge in [0.25, 0.3) is 0 Å². The first-order valence-electron chi connectivity index (χ1n) is 8.74. The number of hydrogen-bond donors (Lipinski definition) is 2. The van der Waals surface area contributed by atoms with Gasteiger partial charge in [-0.1, -0.05) is 22.9 Å². The fraction of sp³-hybridized carbons (Fsp3) is 0.300. The Morgan fingerprint density at radius 2 is 1.59 bits per heavy atom. The van der Waals surface area contributed by atoms with E-state index in [-0.39, 0.29) is 18.4 Å². The Morgan fingerprint density at radius 1 is 1.00 bits per heavy atom. The van der Waals surface area contributed by atoms with Gasteiger partial charge in [0.1, 0.15) is 12.4 Å². The van der Waals surface area contributed by atoms with Gasteiger partial charge < -0.3 is 15.4 Å². The van der Waals surface area contributed by atoms with Crippen molar-refractivity contribution in [2.45, 2.75) is 13.8 Å². The normalized spacial score (nSPS) is 10.5. The minimum Gasteiger partial charge on any atom is -0.492 e. The van der Waals surface area contributed by atoms with E-state index < -0.39 is 0 Å². The Bertz CT molecular complexity index is 748. The SMILES string of the molecule is CCN(CCOc1ccc(Br)cc1)CC(=O)Nc1ccc(NC(C)=O)cc1. The van der Waals surface area contributed by atoms with Gasteiger partial charge in [-0.15, -0.1) is 0 Å². The van der Waals surface area contributed by atoms with E-state index in [1.54, 1.807) is 24.3 Å². The summed E-state index contributed by atoms with van der Waals surface area (Å²) in [7, 11) is 0. The summed E-state index contributed by atoms with van der Waals surface area (Å²) < 4.78 is 6.72. The van der Waals surface area contributed by atoms with Gasteiger partial charge in [-0.2, -0.15) is 0 Å². The van der Waals surface area contributed by atoms with Gasteiger partial charge in [0.15, 0.2) is 0 Å². The zero-order chi connectivity index (χ0) is 19.6. The summed E-state index contributed by atoms with van der Waals surface area (Å²) in [4.78, 5) is 25.3. The van der Waals surface area contributed by atoms with Gasteiger partial charge in [-0.3, -0.25) is 14.5 Å². The molecule has 0 aromatic heterocycles. The molecule has 0 unspecified atom stereocenters. The number of carbonyl (C=O) groups is 2. The van der Waals surface area contributed by atoms with Gasteiger partial charge in [0.05, 0.1) is 6.54 Å². The quantitative estimate of drug-likeness (QED) is 0.631. The van der Waals surface area contributed by atoms with Crippen LogP contribution >= 0.6 is 15.9 Å². The van der Waals surface area contributed by atoms with Gasteiger partial charge in [0, 0.05) is 29.3 Å². The van der Waals surface area contributed by atoms with Crippen molar-refractivity contribution in [1.29, 1.82) is 0 Å². The van der Waals surface area contributed by atoms with Crippen LogP contribution in [0.15, 0.2) is 53.0 Å². The number of amides is 2. The Morgan fingerprint density at radius 3 is 2.15 bits per heavy atom. The molecule has 6 nitrogen and oxygen atoms in total. The Balaban J connectivity index is 1.76. The van der Waals surface area contributed by atoms with Gasteiger partial charge in [-0.25, -0.2) is 0 Å². The minimum absolute atomic E-state index is 0.0900. The second kappa shape index (κ2) is 10.7. The fourth-order valence-electron chi connectivity index (χ4n) is 2.42. The third-order valence-electron chi connectivity index (χ3n) is 3.79. The van der Waals surface area contributed by atoms with Crippen LogP contribution in [-0.2, 0) is 9.59 Å². The second-order valence-corrected chi connectivity index (χ2v) is 6.89. The molecule has 7 heteroatoms. The maximum Gasteiger partial charge on any atom is 0.238 e. The maximum absolute atomic E-state index is 12.2. The van der Waals surface area contributed by atoms with Crippen molar-refractivity contribution in [3.63, 3.8) is 0 Å². The molecule has 0 radical (unpaired) electrons.